The molecule has 1 aromatic carbocycles. The lowest BCUT2D eigenvalue weighted by Crippen LogP contribution is -2.50. The zero-order chi connectivity index (χ0) is 24.6. The van der Waals surface area contributed by atoms with Crippen LogP contribution >= 0.6 is 11.3 Å². The van der Waals surface area contributed by atoms with E-state index < -0.39 is 29.6 Å². The Hall–Kier alpha value is -2.78. The minimum atomic E-state index is -1.11. The van der Waals surface area contributed by atoms with Gasteiger partial charge in [0.1, 0.15) is 18.2 Å². The highest BCUT2D eigenvalue weighted by atomic mass is 32.1. The third-order valence-electron chi connectivity index (χ3n) is 4.78. The number of amides is 2. The van der Waals surface area contributed by atoms with E-state index in [1.165, 1.54) is 11.3 Å². The van der Waals surface area contributed by atoms with Crippen molar-refractivity contribution < 1.29 is 23.9 Å². The van der Waals surface area contributed by atoms with Crippen LogP contribution < -0.4 is 5.73 Å². The second-order valence-corrected chi connectivity index (χ2v) is 9.92. The molecule has 1 heterocycles. The number of carbonyl (C=O) groups excluding carboxylic acids is 3. The average molecular weight is 476 g/mol. The fraction of sp³-hybridized carbons (Fsp3) is 0.500. The van der Waals surface area contributed by atoms with Crippen LogP contribution in [0.25, 0.3) is 0 Å². The minimum absolute atomic E-state index is 0.0435. The number of nitrogens with zero attached hydrogens (tertiary/aromatic N) is 2. The lowest BCUT2D eigenvalue weighted by Gasteiger charge is -2.30. The highest BCUT2D eigenvalue weighted by Gasteiger charge is 2.40. The SMILES string of the molecule is Cc1nc(C(=O)[C@H](CCCCN)N(C(=O)OCc2ccccc2)C(=O)OC(C)(C)C)sc1C. The number of ketones is 1. The van der Waals surface area contributed by atoms with E-state index in [1.807, 2.05) is 32.0 Å². The van der Waals surface area contributed by atoms with Gasteiger partial charge in [-0.3, -0.25) is 4.79 Å². The molecular weight excluding hydrogens is 442 g/mol. The Morgan fingerprint density at radius 1 is 1.09 bits per heavy atom. The Bertz CT molecular complexity index is 933. The molecular formula is C24H33N3O5S. The highest BCUT2D eigenvalue weighted by molar-refractivity contribution is 7.13. The van der Waals surface area contributed by atoms with E-state index in [9.17, 15) is 14.4 Å². The summed E-state index contributed by atoms with van der Waals surface area (Å²) in [4.78, 5) is 45.7. The molecule has 9 heteroatoms. The van der Waals surface area contributed by atoms with Crippen LogP contribution in [-0.4, -0.2) is 46.0 Å². The number of thiazole rings is 1. The fourth-order valence-corrected chi connectivity index (χ4v) is 3.91. The number of unbranched alkanes of at least 4 members (excludes halogenated alkanes) is 1. The molecule has 1 atom stereocenters. The van der Waals surface area contributed by atoms with Gasteiger partial charge >= 0.3 is 12.2 Å². The molecule has 0 unspecified atom stereocenters. The highest BCUT2D eigenvalue weighted by Crippen LogP contribution is 2.24. The van der Waals surface area contributed by atoms with Crippen molar-refractivity contribution in [2.45, 2.75) is 72.1 Å². The van der Waals surface area contributed by atoms with Crippen molar-refractivity contribution in [1.82, 2.24) is 9.88 Å². The summed E-state index contributed by atoms with van der Waals surface area (Å²) in [6, 6.07) is 7.98. The van der Waals surface area contributed by atoms with Crippen LogP contribution in [0.3, 0.4) is 0 Å². The summed E-state index contributed by atoms with van der Waals surface area (Å²) >= 11 is 1.24. The number of hydrogen-bond acceptors (Lipinski definition) is 8. The Morgan fingerprint density at radius 2 is 1.76 bits per heavy atom. The van der Waals surface area contributed by atoms with E-state index in [4.69, 9.17) is 15.2 Å². The van der Waals surface area contributed by atoms with Crippen molar-refractivity contribution in [3.63, 3.8) is 0 Å². The van der Waals surface area contributed by atoms with Gasteiger partial charge < -0.3 is 15.2 Å². The zero-order valence-corrected chi connectivity index (χ0v) is 20.7. The van der Waals surface area contributed by atoms with E-state index in [-0.39, 0.29) is 18.0 Å². The number of imide groups is 1. The van der Waals surface area contributed by atoms with Crippen molar-refractivity contribution in [2.24, 2.45) is 5.73 Å². The van der Waals surface area contributed by atoms with Crippen molar-refractivity contribution in [2.75, 3.05) is 6.54 Å². The summed E-state index contributed by atoms with van der Waals surface area (Å²) in [6.45, 7) is 9.14. The molecule has 8 nitrogen and oxygen atoms in total. The second kappa shape index (κ2) is 11.9. The van der Waals surface area contributed by atoms with Crippen molar-refractivity contribution in [3.05, 3.63) is 51.5 Å². The molecule has 0 radical (unpaired) electrons. The third kappa shape index (κ3) is 7.94. The predicted molar refractivity (Wildman–Crippen MR) is 127 cm³/mol. The van der Waals surface area contributed by atoms with Gasteiger partial charge in [-0.25, -0.2) is 19.5 Å². The van der Waals surface area contributed by atoms with Crippen molar-refractivity contribution >= 4 is 29.3 Å². The van der Waals surface area contributed by atoms with E-state index in [2.05, 4.69) is 4.98 Å². The third-order valence-corrected chi connectivity index (χ3v) is 5.86. The predicted octanol–water partition coefficient (Wildman–Crippen LogP) is 5.01. The van der Waals surface area contributed by atoms with Crippen LogP contribution in [0, 0.1) is 13.8 Å². The van der Waals surface area contributed by atoms with Gasteiger partial charge in [0, 0.05) is 4.88 Å². The molecule has 33 heavy (non-hydrogen) atoms. The Balaban J connectivity index is 2.37. The fourth-order valence-electron chi connectivity index (χ4n) is 3.01. The summed E-state index contributed by atoms with van der Waals surface area (Å²) in [5.74, 6) is -0.421. The maximum Gasteiger partial charge on any atom is 0.420 e. The van der Waals surface area contributed by atoms with Gasteiger partial charge in [0.15, 0.2) is 5.01 Å². The number of hydrogen-bond donors (Lipinski definition) is 1. The molecule has 0 saturated carbocycles. The summed E-state index contributed by atoms with van der Waals surface area (Å²) in [6.07, 6.45) is -0.462. The molecule has 0 bridgehead atoms. The number of aryl methyl sites for hydroxylation is 2. The van der Waals surface area contributed by atoms with Crippen molar-refractivity contribution in [1.29, 1.82) is 0 Å². The average Bonchev–Trinajstić information content (AvgIpc) is 3.09. The number of carbonyl (C=O) groups is 3. The van der Waals surface area contributed by atoms with Gasteiger partial charge in [-0.1, -0.05) is 30.3 Å². The molecule has 0 aliphatic heterocycles. The van der Waals surface area contributed by atoms with Gasteiger partial charge in [0.2, 0.25) is 5.78 Å². The number of Topliss-reactive ketones (excluding diaryl/α,β-unsaturated/α-hetero) is 1. The molecule has 2 aromatic rings. The quantitative estimate of drug-likeness (QED) is 0.400. The van der Waals surface area contributed by atoms with Crippen LogP contribution in [0.15, 0.2) is 30.3 Å². The van der Waals surface area contributed by atoms with Crippen LogP contribution in [0.4, 0.5) is 9.59 Å². The second-order valence-electron chi connectivity index (χ2n) is 8.72. The Labute approximate surface area is 199 Å². The van der Waals surface area contributed by atoms with Gasteiger partial charge in [-0.15, -0.1) is 11.3 Å². The number of aromatic nitrogens is 1. The number of nitrogens with two attached hydrogens (primary N) is 1. The van der Waals surface area contributed by atoms with E-state index in [0.29, 0.717) is 19.4 Å². The van der Waals surface area contributed by atoms with E-state index in [1.54, 1.807) is 32.9 Å². The van der Waals surface area contributed by atoms with E-state index in [0.717, 1.165) is 21.0 Å². The molecule has 0 aliphatic carbocycles. The summed E-state index contributed by atoms with van der Waals surface area (Å²) in [5.41, 5.74) is 6.25. The smallest absolute Gasteiger partial charge is 0.420 e. The number of ether oxygens (including phenoxy) is 2. The standard InChI is InChI=1S/C24H33N3O5S/c1-16-17(2)33-21(26-16)20(28)19(13-9-10-14-25)27(23(30)32-24(3,4)5)22(29)31-15-18-11-7-6-8-12-18/h6-8,11-12,19H,9-10,13-15,25H2,1-5H3/t19-/m0/s1. The molecule has 2 amide bonds. The van der Waals surface area contributed by atoms with Crippen LogP contribution in [0.2, 0.25) is 0 Å². The first-order valence-electron chi connectivity index (χ1n) is 10.9. The topological polar surface area (TPSA) is 112 Å². The Kier molecular flexibility index (Phi) is 9.55. The van der Waals surface area contributed by atoms with Crippen LogP contribution in [-0.2, 0) is 16.1 Å². The first-order valence-corrected chi connectivity index (χ1v) is 11.8. The van der Waals surface area contributed by atoms with E-state index >= 15 is 0 Å². The lowest BCUT2D eigenvalue weighted by atomic mass is 10.0. The molecule has 0 spiro atoms. The number of benzene rings is 1. The molecule has 2 rings (SSSR count). The molecule has 0 aliphatic rings. The van der Waals surface area contributed by atoms with Gasteiger partial charge in [0.25, 0.3) is 0 Å². The molecule has 180 valence electrons. The van der Waals surface area contributed by atoms with Crippen LogP contribution in [0.5, 0.6) is 0 Å². The minimum Gasteiger partial charge on any atom is -0.444 e. The first kappa shape index (κ1) is 26.5. The molecule has 1 aromatic heterocycles. The molecule has 2 N–H and O–H groups in total. The summed E-state index contributed by atoms with van der Waals surface area (Å²) in [5, 5.41) is 0.243. The zero-order valence-electron chi connectivity index (χ0n) is 19.9. The lowest BCUT2D eigenvalue weighted by molar-refractivity contribution is 0.0113. The first-order chi connectivity index (χ1) is 15.5. The Morgan fingerprint density at radius 3 is 2.30 bits per heavy atom. The maximum absolute atomic E-state index is 13.5. The number of rotatable bonds is 9. The monoisotopic (exact) mass is 475 g/mol. The molecule has 0 fully saturated rings. The van der Waals surface area contributed by atoms with Gasteiger partial charge in [-0.2, -0.15) is 0 Å². The largest absolute Gasteiger partial charge is 0.444 e. The van der Waals surface area contributed by atoms with Crippen molar-refractivity contribution in [3.8, 4) is 0 Å². The normalized spacial score (nSPS) is 12.2. The summed E-state index contributed by atoms with van der Waals surface area (Å²) < 4.78 is 10.9. The van der Waals surface area contributed by atoms with Crippen LogP contribution in [0.1, 0.15) is 66.0 Å². The maximum atomic E-state index is 13.5. The molecule has 0 saturated heterocycles. The summed E-state index contributed by atoms with van der Waals surface area (Å²) in [7, 11) is 0. The van der Waals surface area contributed by atoms with Gasteiger partial charge in [0.05, 0.1) is 5.69 Å². The van der Waals surface area contributed by atoms with Gasteiger partial charge in [-0.05, 0) is 66.0 Å².